The highest BCUT2D eigenvalue weighted by atomic mass is 16.7. The van der Waals surface area contributed by atoms with Crippen LogP contribution in [0.3, 0.4) is 0 Å². The van der Waals surface area contributed by atoms with Crippen molar-refractivity contribution in [1.82, 2.24) is 0 Å². The summed E-state index contributed by atoms with van der Waals surface area (Å²) in [4.78, 5) is 16.5. The van der Waals surface area contributed by atoms with Crippen molar-refractivity contribution in [2.24, 2.45) is 16.6 Å². The third-order valence-corrected chi connectivity index (χ3v) is 3.82. The van der Waals surface area contributed by atoms with Crippen LogP contribution >= 0.6 is 0 Å². The van der Waals surface area contributed by atoms with Crippen LogP contribution in [0.2, 0.25) is 0 Å². The monoisotopic (exact) mass is 325 g/mol. The van der Waals surface area contributed by atoms with Crippen molar-refractivity contribution in [1.29, 1.82) is 0 Å². The number of rotatable bonds is 6. The number of carbonyl (C=O) groups excluding carboxylic acids is 1. The second kappa shape index (κ2) is 7.14. The van der Waals surface area contributed by atoms with Crippen LogP contribution in [0.1, 0.15) is 16.8 Å². The zero-order chi connectivity index (χ0) is 16.9. The largest absolute Gasteiger partial charge is 0.489 e. The molecule has 24 heavy (non-hydrogen) atoms. The van der Waals surface area contributed by atoms with Gasteiger partial charge >= 0.3 is 0 Å². The minimum Gasteiger partial charge on any atom is -0.489 e. The molecule has 1 atom stereocenters. The van der Waals surface area contributed by atoms with Gasteiger partial charge < -0.3 is 21.0 Å². The van der Waals surface area contributed by atoms with Crippen molar-refractivity contribution < 1.29 is 14.4 Å². The Bertz CT molecular complexity index is 756. The van der Waals surface area contributed by atoms with E-state index in [0.717, 1.165) is 22.6 Å². The summed E-state index contributed by atoms with van der Waals surface area (Å²) < 4.78 is 5.92. The van der Waals surface area contributed by atoms with E-state index in [2.05, 4.69) is 5.16 Å². The third kappa shape index (κ3) is 3.55. The molecule has 1 unspecified atom stereocenters. The summed E-state index contributed by atoms with van der Waals surface area (Å²) in [5.41, 5.74) is 14.0. The zero-order valence-corrected chi connectivity index (χ0v) is 13.1. The first-order valence-corrected chi connectivity index (χ1v) is 7.71. The Morgan fingerprint density at radius 3 is 2.62 bits per heavy atom. The molecular formula is C18H19N3O3. The Morgan fingerprint density at radius 1 is 1.21 bits per heavy atom. The van der Waals surface area contributed by atoms with Crippen molar-refractivity contribution in [3.05, 3.63) is 54.1 Å². The topological polar surface area (TPSA) is 99.9 Å². The smallest absolute Gasteiger partial charge is 0.248 e. The van der Waals surface area contributed by atoms with E-state index in [0.29, 0.717) is 25.1 Å². The maximum Gasteiger partial charge on any atom is 0.248 e. The number of ether oxygens (including phenoxy) is 1. The minimum absolute atomic E-state index is 0.117. The summed E-state index contributed by atoms with van der Waals surface area (Å²) in [5.74, 6) is 0.300. The van der Waals surface area contributed by atoms with Gasteiger partial charge in [-0.2, -0.15) is 0 Å². The molecule has 0 bridgehead atoms. The van der Waals surface area contributed by atoms with Gasteiger partial charge in [-0.15, -0.1) is 0 Å². The van der Waals surface area contributed by atoms with Gasteiger partial charge in [-0.05, 0) is 23.8 Å². The van der Waals surface area contributed by atoms with Crippen molar-refractivity contribution in [2.45, 2.75) is 12.5 Å². The molecule has 0 fully saturated rings. The molecule has 1 heterocycles. The normalized spacial score (nSPS) is 16.4. The van der Waals surface area contributed by atoms with Gasteiger partial charge in [0.15, 0.2) is 6.10 Å². The molecule has 6 nitrogen and oxygen atoms in total. The Labute approximate surface area is 140 Å². The lowest BCUT2D eigenvalue weighted by molar-refractivity contribution is 0.0472. The molecule has 2 aromatic carbocycles. The van der Waals surface area contributed by atoms with Crippen molar-refractivity contribution in [3.63, 3.8) is 0 Å². The van der Waals surface area contributed by atoms with Gasteiger partial charge in [-0.1, -0.05) is 35.5 Å². The molecule has 0 aromatic heterocycles. The molecule has 6 heteroatoms. The molecule has 2 aromatic rings. The SMILES string of the molecule is NCC1=NOC(COc2ccccc2-c2ccc(C(N)=O)cc2)C1. The van der Waals surface area contributed by atoms with E-state index >= 15 is 0 Å². The van der Waals surface area contributed by atoms with Crippen molar-refractivity contribution in [2.75, 3.05) is 13.2 Å². The Balaban J connectivity index is 1.72. The molecule has 1 aliphatic heterocycles. The molecule has 1 aliphatic rings. The van der Waals surface area contributed by atoms with Crippen LogP contribution in [0, 0.1) is 0 Å². The lowest BCUT2D eigenvalue weighted by Gasteiger charge is -2.14. The third-order valence-electron chi connectivity index (χ3n) is 3.82. The van der Waals surface area contributed by atoms with E-state index in [1.165, 1.54) is 0 Å². The maximum atomic E-state index is 11.2. The van der Waals surface area contributed by atoms with E-state index in [4.69, 9.17) is 21.0 Å². The van der Waals surface area contributed by atoms with Crippen LogP contribution < -0.4 is 16.2 Å². The van der Waals surface area contributed by atoms with E-state index in [1.54, 1.807) is 12.1 Å². The van der Waals surface area contributed by atoms with E-state index in [9.17, 15) is 4.79 Å². The number of nitrogens with two attached hydrogens (primary N) is 2. The second-order valence-corrected chi connectivity index (χ2v) is 5.54. The maximum absolute atomic E-state index is 11.2. The first kappa shape index (κ1) is 16.0. The molecule has 0 aliphatic carbocycles. The number of oxime groups is 1. The molecule has 0 spiro atoms. The lowest BCUT2D eigenvalue weighted by atomic mass is 10.0. The summed E-state index contributed by atoms with van der Waals surface area (Å²) in [7, 11) is 0. The predicted octanol–water partition coefficient (Wildman–Crippen LogP) is 1.93. The fourth-order valence-electron chi connectivity index (χ4n) is 2.52. The van der Waals surface area contributed by atoms with Crippen LogP contribution in [-0.2, 0) is 4.84 Å². The summed E-state index contributed by atoms with van der Waals surface area (Å²) in [5, 5.41) is 3.92. The molecular weight excluding hydrogens is 306 g/mol. The highest BCUT2D eigenvalue weighted by molar-refractivity contribution is 5.93. The number of hydrogen-bond acceptors (Lipinski definition) is 5. The summed E-state index contributed by atoms with van der Waals surface area (Å²) in [6.07, 6.45) is 0.570. The second-order valence-electron chi connectivity index (χ2n) is 5.54. The average molecular weight is 325 g/mol. The van der Waals surface area contributed by atoms with Crippen molar-refractivity contribution >= 4 is 11.6 Å². The van der Waals surface area contributed by atoms with E-state index < -0.39 is 5.91 Å². The number of benzene rings is 2. The Kier molecular flexibility index (Phi) is 4.77. The minimum atomic E-state index is -0.444. The lowest BCUT2D eigenvalue weighted by Crippen LogP contribution is -2.20. The van der Waals surface area contributed by atoms with Crippen molar-refractivity contribution in [3.8, 4) is 16.9 Å². The van der Waals surface area contributed by atoms with Gasteiger partial charge in [0.1, 0.15) is 12.4 Å². The van der Waals surface area contributed by atoms with E-state index in [-0.39, 0.29) is 6.10 Å². The molecule has 124 valence electrons. The number of primary amides is 1. The molecule has 0 radical (unpaired) electrons. The van der Waals surface area contributed by atoms with Crippen LogP contribution in [0.15, 0.2) is 53.7 Å². The fourth-order valence-corrected chi connectivity index (χ4v) is 2.52. The number of nitrogens with zero attached hydrogens (tertiary/aromatic N) is 1. The van der Waals surface area contributed by atoms with Crippen LogP contribution in [0.25, 0.3) is 11.1 Å². The van der Waals surface area contributed by atoms with Crippen LogP contribution in [0.5, 0.6) is 5.75 Å². The standard InChI is InChI=1S/C18H19N3O3/c19-10-14-9-15(24-21-14)11-23-17-4-2-1-3-16(17)12-5-7-13(8-6-12)18(20)22/h1-8,15H,9-11,19H2,(H2,20,22). The van der Waals surface area contributed by atoms with E-state index in [1.807, 2.05) is 36.4 Å². The first-order chi connectivity index (χ1) is 11.7. The summed E-state index contributed by atoms with van der Waals surface area (Å²) in [6, 6.07) is 14.8. The number of amides is 1. The average Bonchev–Trinajstić information content (AvgIpc) is 3.08. The Morgan fingerprint density at radius 2 is 1.96 bits per heavy atom. The van der Waals surface area contributed by atoms with Gasteiger partial charge in [0.05, 0.1) is 5.71 Å². The van der Waals surface area contributed by atoms with Crippen LogP contribution in [0.4, 0.5) is 0 Å². The molecule has 4 N–H and O–H groups in total. The fraction of sp³-hybridized carbons (Fsp3) is 0.222. The highest BCUT2D eigenvalue weighted by Crippen LogP contribution is 2.30. The summed E-state index contributed by atoms with van der Waals surface area (Å²) >= 11 is 0. The van der Waals surface area contributed by atoms with Gasteiger partial charge in [-0.25, -0.2) is 0 Å². The van der Waals surface area contributed by atoms with Gasteiger partial charge in [-0.3, -0.25) is 4.79 Å². The molecule has 0 saturated heterocycles. The van der Waals surface area contributed by atoms with Gasteiger partial charge in [0.2, 0.25) is 5.91 Å². The van der Waals surface area contributed by atoms with Crippen LogP contribution in [-0.4, -0.2) is 30.9 Å². The first-order valence-electron chi connectivity index (χ1n) is 7.71. The highest BCUT2D eigenvalue weighted by Gasteiger charge is 2.21. The van der Waals surface area contributed by atoms with Gasteiger partial charge in [0.25, 0.3) is 0 Å². The van der Waals surface area contributed by atoms with Gasteiger partial charge in [0, 0.05) is 24.1 Å². The number of hydrogen-bond donors (Lipinski definition) is 2. The molecule has 1 amide bonds. The number of para-hydroxylation sites is 1. The number of carbonyl (C=O) groups is 1. The predicted molar refractivity (Wildman–Crippen MR) is 91.9 cm³/mol. The quantitative estimate of drug-likeness (QED) is 0.847. The zero-order valence-electron chi connectivity index (χ0n) is 13.1. The Hall–Kier alpha value is -2.86. The molecule has 3 rings (SSSR count). The molecule has 0 saturated carbocycles. The summed E-state index contributed by atoms with van der Waals surface area (Å²) in [6.45, 7) is 0.794.